The average molecular weight is 1910 g/mol. The van der Waals surface area contributed by atoms with Gasteiger partial charge in [0.05, 0.1) is 33.7 Å². The molecule has 15 rings (SSSR count). The molecule has 12 saturated carbocycles. The molecule has 8 N–H and O–H groups in total. The van der Waals surface area contributed by atoms with E-state index in [-0.39, 0.29) is 293 Å². The van der Waals surface area contributed by atoms with Crippen LogP contribution < -0.4 is 167 Å². The molecule has 12 aliphatic carbocycles. The van der Waals surface area contributed by atoms with Crippen molar-refractivity contribution in [2.75, 3.05) is 19.8 Å². The van der Waals surface area contributed by atoms with Crippen molar-refractivity contribution >= 4 is 144 Å². The summed E-state index contributed by atoms with van der Waals surface area (Å²) in [4.78, 5) is 110. The number of carboxylic acids is 1. The number of ketones is 3. The predicted octanol–water partition coefficient (Wildman–Crippen LogP) is -10.6. The number of rotatable bonds is 19. The molecule has 3 aromatic carbocycles. The molecule has 32 nitrogen and oxygen atoms in total. The average Bonchev–Trinajstić information content (AvgIpc) is 0.739. The zero-order chi connectivity index (χ0) is 84.1. The van der Waals surface area contributed by atoms with Gasteiger partial charge in [0, 0.05) is 35.5 Å². The van der Waals surface area contributed by atoms with Crippen molar-refractivity contribution in [3.8, 4) is 0 Å². The number of carbonyl (C=O) groups is 9. The third kappa shape index (κ3) is 29.8. The first kappa shape index (κ1) is 122. The van der Waals surface area contributed by atoms with Crippen molar-refractivity contribution in [1.29, 1.82) is 0 Å². The smallest absolute Gasteiger partial charge is 1.00 e. The minimum Gasteiger partial charge on any atom is -1.00 e. The number of esters is 3. The van der Waals surface area contributed by atoms with Gasteiger partial charge in [0.15, 0.2) is 45.3 Å². The molecule has 0 amide bonds. The van der Waals surface area contributed by atoms with Crippen LogP contribution in [-0.2, 0) is 129 Å². The quantitative estimate of drug-likeness (QED) is 0.00807. The number of aliphatic carboxylic acids is 1. The van der Waals surface area contributed by atoms with E-state index in [1.165, 1.54) is 21.6 Å². The second-order valence-electron chi connectivity index (χ2n) is 27.5. The van der Waals surface area contributed by atoms with Crippen LogP contribution in [0.1, 0.15) is 105 Å². The van der Waals surface area contributed by atoms with Crippen LogP contribution in [0.2, 0.25) is 0 Å². The zero-order valence-electron chi connectivity index (χ0n) is 64.6. The molecule has 12 fully saturated rings. The largest absolute Gasteiger partial charge is 1.00 e. The monoisotopic (exact) mass is 1910 g/mol. The van der Waals surface area contributed by atoms with Crippen molar-refractivity contribution in [3.63, 3.8) is 0 Å². The molecule has 0 spiro atoms. The number of carboxylic acid groups (broad SMARTS) is 1. The fourth-order valence-electron chi connectivity index (χ4n) is 15.5. The van der Waals surface area contributed by atoms with E-state index in [9.17, 15) is 134 Å². The van der Waals surface area contributed by atoms with E-state index in [4.69, 9.17) is 33.3 Å². The first-order valence-corrected chi connectivity index (χ1v) is 41.0. The minimum atomic E-state index is -5.88. The maximum absolute atomic E-state index is 13.2. The number of ether oxygens (including phenoxy) is 3. The predicted molar refractivity (Wildman–Crippen MR) is 369 cm³/mol. The molecule has 6 atom stereocenters. The van der Waals surface area contributed by atoms with Gasteiger partial charge < -0.3 is 20.7 Å². The molecule has 0 radical (unpaired) electrons. The summed E-state index contributed by atoms with van der Waals surface area (Å²) in [7, 11) is -28.8. The standard InChI is InChI=1S/C18H15S.2C13H16F2O6S.C11H14O3.C4H6F2O5S.2C2H2F2O6S.Al.ClH.Li.5Na.4H/c1-4-10-16(11-5-1)19(17-12-6-2-7-13-17)18-14-8-3-9-15-18;2*14-13(15,22(18,19)20)6-21-11(17)12-3-7-1-8(4-12)10(16)9(2-7)5-12;12-9-7-1-6-2-8(9)5-11(3-6,4-7)10(13)14;1-2-11-3(7)4(5,6)12(8,9)10;2*3-2(4,1(5)10-6)11(7,8)9;;;;;;;;;;;;/h1-15H;2*7-9H,1-6H2,(H,18,19,20);6-8H,1-5H2,(H,13,14);2H2,1H3,(H,8,9,10);2*6H,(H,7,8,9);;1H;;;;;;;;;;/q+1;;;;;;;;;6*+1;;;;-1. The molecule has 12 aliphatic rings. The minimum absolute atomic E-state index is 0. The van der Waals surface area contributed by atoms with Gasteiger partial charge in [0.25, 0.3) is 0 Å². The maximum Gasteiger partial charge on any atom is 1.00 e. The van der Waals surface area contributed by atoms with Crippen LogP contribution in [0.3, 0.4) is 0 Å². The molecule has 119 heavy (non-hydrogen) atoms. The molecule has 3 aromatic rings. The first-order valence-electron chi connectivity index (χ1n) is 32.5. The van der Waals surface area contributed by atoms with Gasteiger partial charge in [-0.05, 0) is 157 Å². The third-order valence-corrected chi connectivity index (χ3v) is 26.3. The van der Waals surface area contributed by atoms with Crippen molar-refractivity contribution in [1.82, 2.24) is 0 Å². The van der Waals surface area contributed by atoms with Crippen molar-refractivity contribution < 1.29 is 360 Å². The Morgan fingerprint density at radius 3 is 0.815 bits per heavy atom. The molecule has 6 unspecified atom stereocenters. The topological polar surface area (TPSA) is 532 Å². The van der Waals surface area contributed by atoms with E-state index in [1.54, 1.807) is 0 Å². The van der Waals surface area contributed by atoms with Crippen LogP contribution in [0, 0.1) is 69.5 Å². The number of Topliss-reactive ketones (excluding diaryl/α,β-unsaturated/α-hetero) is 3. The summed E-state index contributed by atoms with van der Waals surface area (Å²) in [6, 6.07) is 32.2. The first-order chi connectivity index (χ1) is 50.8. The van der Waals surface area contributed by atoms with Crippen LogP contribution in [0.25, 0.3) is 0 Å². The van der Waals surface area contributed by atoms with Crippen LogP contribution in [0.5, 0.6) is 0 Å². The Labute approximate surface area is 818 Å². The van der Waals surface area contributed by atoms with Crippen LogP contribution in [0.4, 0.5) is 43.9 Å². The van der Waals surface area contributed by atoms with Crippen LogP contribution >= 0.6 is 12.4 Å². The van der Waals surface area contributed by atoms with Gasteiger partial charge in [0.1, 0.15) is 17.3 Å². The molecule has 0 heterocycles. The van der Waals surface area contributed by atoms with E-state index in [0.717, 1.165) is 44.9 Å². The van der Waals surface area contributed by atoms with Crippen molar-refractivity contribution in [3.05, 3.63) is 91.0 Å². The summed E-state index contributed by atoms with van der Waals surface area (Å²) in [5.41, 5.74) is -2.44. The van der Waals surface area contributed by atoms with E-state index in [2.05, 4.69) is 115 Å². The van der Waals surface area contributed by atoms with Crippen molar-refractivity contribution in [2.24, 2.45) is 69.5 Å². The van der Waals surface area contributed by atoms with Gasteiger partial charge in [-0.1, -0.05) is 54.6 Å². The third-order valence-electron chi connectivity index (χ3n) is 19.9. The number of halogens is 11. The Morgan fingerprint density at radius 2 is 0.622 bits per heavy atom. The summed E-state index contributed by atoms with van der Waals surface area (Å²) >= 11 is 0. The fourth-order valence-corrected chi connectivity index (χ4v) is 18.8. The van der Waals surface area contributed by atoms with Gasteiger partial charge in [-0.15, -0.1) is 12.4 Å². The molecule has 0 saturated heterocycles. The Bertz CT molecular complexity index is 4310. The molecule has 0 aromatic heterocycles. The summed E-state index contributed by atoms with van der Waals surface area (Å²) in [6.07, 6.45) is 9.02. The number of hydrogen-bond donors (Lipinski definition) is 8. The Morgan fingerprint density at radius 1 is 0.403 bits per heavy atom. The Hall–Kier alpha value is -0.970. The zero-order valence-corrected chi connectivity index (χ0v) is 79.3. The Kier molecular flexibility index (Phi) is 49.4. The van der Waals surface area contributed by atoms with Gasteiger partial charge >= 0.3 is 279 Å². The van der Waals surface area contributed by atoms with Gasteiger partial charge in [-0.25, -0.2) is 14.4 Å². The number of alkyl halides is 10. The summed E-state index contributed by atoms with van der Waals surface area (Å²) in [6.45, 7) is -2.59. The van der Waals surface area contributed by atoms with Gasteiger partial charge in [-0.3, -0.25) is 61.3 Å². The normalized spacial score (nSPS) is 25.0. The van der Waals surface area contributed by atoms with Crippen LogP contribution in [0.15, 0.2) is 106 Å². The molecule has 636 valence electrons. The molecular weight excluding hydrogens is 1840 g/mol. The summed E-state index contributed by atoms with van der Waals surface area (Å²) in [5, 5.41) is -0.303. The Balaban J connectivity index is -0.000000658. The second kappa shape index (κ2) is 48.1. The van der Waals surface area contributed by atoms with E-state index < -0.39 is 149 Å². The van der Waals surface area contributed by atoms with Gasteiger partial charge in [0.2, 0.25) is 0 Å². The van der Waals surface area contributed by atoms with E-state index in [0.29, 0.717) is 37.4 Å². The van der Waals surface area contributed by atoms with Gasteiger partial charge in [-0.2, -0.15) is 96.5 Å². The molecule has 12 bridgehead atoms. The molecule has 56 heteroatoms. The molecular formula is C63H76AlClF10LiNa5O32S6+6. The summed E-state index contributed by atoms with van der Waals surface area (Å²) < 4.78 is 278. The number of benzene rings is 3. The SMILES string of the molecule is CCOC(=O)C(F)(F)S(=O)(=O)O.Cl.O=C(OO)C(F)(F)S(=O)(=O)O.O=C(OO)C(F)(F)S(=O)(=O)O.O=C1C2CC3CC1CC(C(=O)O)(C3)C2.O=C1C2CC3CC1CC(C(=O)OCC(F)(F)S(=O)(=O)O)(C3)C2.O=C1C2CC3CC1CC(C(=O)OCC(F)(F)S(=O)(=O)O)(C3)C2.[AlH3].[H-].[Li+].[Na+].[Na+].[Na+].[Na+].[Na+].c1ccc([S+](c2ccccc2)c2ccccc2)cc1. The maximum atomic E-state index is 13.2. The fraction of sp³-hybridized carbons (Fsp3) is 0.571. The van der Waals surface area contributed by atoms with E-state index in [1.807, 2.05) is 0 Å². The number of hydrogen-bond acceptors (Lipinski definition) is 26. The number of carbonyl (C=O) groups excluding carboxylic acids is 8. The van der Waals surface area contributed by atoms with E-state index >= 15 is 0 Å². The van der Waals surface area contributed by atoms with Crippen LogP contribution in [-0.4, -0.2) is 197 Å². The van der Waals surface area contributed by atoms with Crippen molar-refractivity contribution in [2.45, 2.75) is 144 Å². The second-order valence-corrected chi connectivity index (χ2v) is 37.0. The summed E-state index contributed by atoms with van der Waals surface area (Å²) in [5.74, 6) is -9.39. The molecule has 0 aliphatic heterocycles.